The van der Waals surface area contributed by atoms with E-state index >= 15 is 0 Å². The van der Waals surface area contributed by atoms with Gasteiger partial charge in [0.25, 0.3) is 0 Å². The smallest absolute Gasteiger partial charge is 0.230 e. The molecule has 3 aromatic carbocycles. The number of aromatic hydroxyl groups is 1. The standard InChI is InChI=1S/C21H17N3OS/c1-14-6-8-16(9-7-14)19-13-26-21(23-19)24-22-12-18-17-5-3-2-4-15(17)10-11-20(18)25/h2-11,13,25H,12H2,1H3. The van der Waals surface area contributed by atoms with E-state index in [1.165, 1.54) is 16.9 Å². The molecule has 4 rings (SSSR count). The van der Waals surface area contributed by atoms with Crippen LogP contribution in [0.4, 0.5) is 5.13 Å². The van der Waals surface area contributed by atoms with Gasteiger partial charge in [-0.2, -0.15) is 5.11 Å². The van der Waals surface area contributed by atoms with E-state index in [0.29, 0.717) is 11.7 Å². The summed E-state index contributed by atoms with van der Waals surface area (Å²) in [6, 6.07) is 19.8. The summed E-state index contributed by atoms with van der Waals surface area (Å²) in [5, 5.41) is 23.3. The summed E-state index contributed by atoms with van der Waals surface area (Å²) in [5.74, 6) is 0.238. The van der Waals surface area contributed by atoms with Gasteiger partial charge in [-0.15, -0.1) is 16.5 Å². The predicted molar refractivity (Wildman–Crippen MR) is 106 cm³/mol. The second kappa shape index (κ2) is 7.06. The van der Waals surface area contributed by atoms with Gasteiger partial charge < -0.3 is 5.11 Å². The normalized spacial score (nSPS) is 11.4. The molecule has 0 spiro atoms. The maximum absolute atomic E-state index is 10.2. The lowest BCUT2D eigenvalue weighted by molar-refractivity contribution is 0.469. The van der Waals surface area contributed by atoms with E-state index in [1.54, 1.807) is 6.07 Å². The van der Waals surface area contributed by atoms with Crippen molar-refractivity contribution in [1.82, 2.24) is 4.98 Å². The van der Waals surface area contributed by atoms with Crippen LogP contribution in [0.25, 0.3) is 22.0 Å². The minimum absolute atomic E-state index is 0.238. The number of benzene rings is 3. The zero-order valence-corrected chi connectivity index (χ0v) is 15.1. The van der Waals surface area contributed by atoms with Gasteiger partial charge >= 0.3 is 0 Å². The monoisotopic (exact) mass is 359 g/mol. The number of rotatable bonds is 4. The van der Waals surface area contributed by atoms with Crippen LogP contribution >= 0.6 is 11.3 Å². The summed E-state index contributed by atoms with van der Waals surface area (Å²) in [4.78, 5) is 4.52. The van der Waals surface area contributed by atoms with Crippen molar-refractivity contribution in [3.05, 3.63) is 77.2 Å². The van der Waals surface area contributed by atoms with Crippen LogP contribution in [0.15, 0.2) is 76.3 Å². The molecule has 1 N–H and O–H groups in total. The van der Waals surface area contributed by atoms with Crippen LogP contribution < -0.4 is 0 Å². The molecule has 4 aromatic rings. The second-order valence-corrected chi connectivity index (χ2v) is 6.90. The van der Waals surface area contributed by atoms with Crippen molar-refractivity contribution in [1.29, 1.82) is 0 Å². The third-order valence-corrected chi connectivity index (χ3v) is 4.97. The molecule has 0 radical (unpaired) electrons. The van der Waals surface area contributed by atoms with Crippen molar-refractivity contribution in [2.45, 2.75) is 13.5 Å². The molecule has 0 unspecified atom stereocenters. The molecule has 1 aromatic heterocycles. The lowest BCUT2D eigenvalue weighted by Crippen LogP contribution is -1.85. The van der Waals surface area contributed by atoms with E-state index < -0.39 is 0 Å². The molecule has 128 valence electrons. The molecular formula is C21H17N3OS. The summed E-state index contributed by atoms with van der Waals surface area (Å²) < 4.78 is 0. The Morgan fingerprint density at radius 3 is 2.65 bits per heavy atom. The summed E-state index contributed by atoms with van der Waals surface area (Å²) in [7, 11) is 0. The molecule has 4 nitrogen and oxygen atoms in total. The summed E-state index contributed by atoms with van der Waals surface area (Å²) in [6.45, 7) is 2.37. The largest absolute Gasteiger partial charge is 0.508 e. The third-order valence-electron chi connectivity index (χ3n) is 4.24. The molecule has 0 aliphatic rings. The van der Waals surface area contributed by atoms with Gasteiger partial charge in [0.05, 0.1) is 12.2 Å². The Morgan fingerprint density at radius 2 is 1.81 bits per heavy atom. The lowest BCUT2D eigenvalue weighted by Gasteiger charge is -2.05. The van der Waals surface area contributed by atoms with E-state index in [1.807, 2.05) is 35.7 Å². The maximum atomic E-state index is 10.2. The Bertz CT molecular complexity index is 1080. The van der Waals surface area contributed by atoms with Gasteiger partial charge in [-0.05, 0) is 23.8 Å². The molecule has 0 fully saturated rings. The minimum Gasteiger partial charge on any atom is -0.508 e. The number of nitrogens with zero attached hydrogens (tertiary/aromatic N) is 3. The van der Waals surface area contributed by atoms with Crippen molar-refractivity contribution in [3.63, 3.8) is 0 Å². The molecule has 1 heterocycles. The number of fused-ring (bicyclic) bond motifs is 1. The Labute approximate surface area is 155 Å². The Morgan fingerprint density at radius 1 is 1.00 bits per heavy atom. The van der Waals surface area contributed by atoms with Crippen LogP contribution in [-0.2, 0) is 6.54 Å². The van der Waals surface area contributed by atoms with Crippen molar-refractivity contribution in [2.24, 2.45) is 10.2 Å². The van der Waals surface area contributed by atoms with E-state index in [4.69, 9.17) is 0 Å². The van der Waals surface area contributed by atoms with Gasteiger partial charge in [0.1, 0.15) is 5.75 Å². The zero-order chi connectivity index (χ0) is 17.9. The average molecular weight is 359 g/mol. The molecule has 0 bridgehead atoms. The average Bonchev–Trinajstić information content (AvgIpc) is 3.13. The first-order valence-corrected chi connectivity index (χ1v) is 9.18. The van der Waals surface area contributed by atoms with Gasteiger partial charge in [0.2, 0.25) is 5.13 Å². The van der Waals surface area contributed by atoms with Gasteiger partial charge in [-0.3, -0.25) is 0 Å². The predicted octanol–water partition coefficient (Wildman–Crippen LogP) is 6.26. The fourth-order valence-corrected chi connectivity index (χ4v) is 3.49. The molecule has 5 heteroatoms. The molecule has 0 aliphatic heterocycles. The van der Waals surface area contributed by atoms with Crippen LogP contribution in [0, 0.1) is 6.92 Å². The Kier molecular flexibility index (Phi) is 4.46. The van der Waals surface area contributed by atoms with Crippen LogP contribution in [0.5, 0.6) is 5.75 Å². The second-order valence-electron chi connectivity index (χ2n) is 6.07. The maximum Gasteiger partial charge on any atom is 0.230 e. The first kappa shape index (κ1) is 16.4. The van der Waals surface area contributed by atoms with Crippen LogP contribution in [-0.4, -0.2) is 10.1 Å². The van der Waals surface area contributed by atoms with Crippen molar-refractivity contribution in [3.8, 4) is 17.0 Å². The number of phenolic OH excluding ortho intramolecular Hbond substituents is 1. The molecular weight excluding hydrogens is 342 g/mol. The van der Waals surface area contributed by atoms with E-state index in [9.17, 15) is 5.11 Å². The van der Waals surface area contributed by atoms with Gasteiger partial charge in [0, 0.05) is 16.5 Å². The quantitative estimate of drug-likeness (QED) is 0.437. The Hall–Kier alpha value is -3.05. The van der Waals surface area contributed by atoms with E-state index in [2.05, 4.69) is 46.4 Å². The van der Waals surface area contributed by atoms with Crippen molar-refractivity contribution in [2.75, 3.05) is 0 Å². The van der Waals surface area contributed by atoms with Crippen molar-refractivity contribution < 1.29 is 5.11 Å². The van der Waals surface area contributed by atoms with Crippen LogP contribution in [0.2, 0.25) is 0 Å². The number of thiazole rings is 1. The summed E-state index contributed by atoms with van der Waals surface area (Å²) in [6.07, 6.45) is 0. The fourth-order valence-electron chi connectivity index (χ4n) is 2.82. The highest BCUT2D eigenvalue weighted by Crippen LogP contribution is 2.30. The Balaban J connectivity index is 1.55. The number of aromatic nitrogens is 1. The molecule has 26 heavy (non-hydrogen) atoms. The lowest BCUT2D eigenvalue weighted by atomic mass is 10.0. The number of hydrogen-bond donors (Lipinski definition) is 1. The van der Waals surface area contributed by atoms with Crippen LogP contribution in [0.1, 0.15) is 11.1 Å². The van der Waals surface area contributed by atoms with Crippen LogP contribution in [0.3, 0.4) is 0 Å². The molecule has 0 amide bonds. The molecule has 0 saturated heterocycles. The first-order chi connectivity index (χ1) is 12.7. The fraction of sp³-hybridized carbons (Fsp3) is 0.0952. The topological polar surface area (TPSA) is 57.8 Å². The number of azo groups is 1. The third kappa shape index (κ3) is 3.34. The SMILES string of the molecule is Cc1ccc(-c2csc(N=NCc3c(O)ccc4ccccc34)n2)cc1. The first-order valence-electron chi connectivity index (χ1n) is 8.30. The molecule has 0 aliphatic carbocycles. The van der Waals surface area contributed by atoms with Crippen molar-refractivity contribution >= 4 is 27.2 Å². The number of aryl methyl sites for hydroxylation is 1. The van der Waals surface area contributed by atoms with Gasteiger partial charge in [-0.1, -0.05) is 60.2 Å². The minimum atomic E-state index is 0.238. The number of hydrogen-bond acceptors (Lipinski definition) is 5. The van der Waals surface area contributed by atoms with Gasteiger partial charge in [-0.25, -0.2) is 4.98 Å². The summed E-state index contributed by atoms with van der Waals surface area (Å²) >= 11 is 1.46. The van der Waals surface area contributed by atoms with Gasteiger partial charge in [0.15, 0.2) is 0 Å². The summed E-state index contributed by atoms with van der Waals surface area (Å²) in [5.41, 5.74) is 3.97. The molecule has 0 atom stereocenters. The highest BCUT2D eigenvalue weighted by molar-refractivity contribution is 7.13. The zero-order valence-electron chi connectivity index (χ0n) is 14.3. The highest BCUT2D eigenvalue weighted by atomic mass is 32.1. The van der Waals surface area contributed by atoms with E-state index in [0.717, 1.165) is 27.6 Å². The van der Waals surface area contributed by atoms with E-state index in [-0.39, 0.29) is 5.75 Å². The highest BCUT2D eigenvalue weighted by Gasteiger charge is 2.07. The molecule has 0 saturated carbocycles. The number of phenols is 1.